The van der Waals surface area contributed by atoms with Gasteiger partial charge in [-0.3, -0.25) is 9.59 Å². The summed E-state index contributed by atoms with van der Waals surface area (Å²) in [5.74, 6) is -4.88. The number of carbonyl (C=O) groups is 4. The van der Waals surface area contributed by atoms with Gasteiger partial charge in [0, 0.05) is 0 Å². The first-order chi connectivity index (χ1) is 10.7. The SMILES string of the molecule is O=C(O)C[C@H](NC(=O)COC(=O)c1c(Cl)cccc1Cl)C(=O)O. The summed E-state index contributed by atoms with van der Waals surface area (Å²) in [5.41, 5.74) is -0.135. The molecule has 10 heteroatoms. The van der Waals surface area contributed by atoms with Crippen LogP contribution in [0, 0.1) is 0 Å². The minimum Gasteiger partial charge on any atom is -0.481 e. The Bertz CT molecular complexity index is 627. The van der Waals surface area contributed by atoms with Gasteiger partial charge in [0.25, 0.3) is 5.91 Å². The highest BCUT2D eigenvalue weighted by atomic mass is 35.5. The minimum absolute atomic E-state index is 0.0252. The lowest BCUT2D eigenvalue weighted by Crippen LogP contribution is -2.44. The van der Waals surface area contributed by atoms with E-state index in [1.54, 1.807) is 0 Å². The van der Waals surface area contributed by atoms with Gasteiger partial charge in [-0.25, -0.2) is 9.59 Å². The zero-order valence-electron chi connectivity index (χ0n) is 11.4. The molecule has 1 amide bonds. The van der Waals surface area contributed by atoms with Crippen molar-refractivity contribution in [2.75, 3.05) is 6.61 Å². The number of hydrogen-bond acceptors (Lipinski definition) is 5. The molecule has 0 saturated carbocycles. The van der Waals surface area contributed by atoms with Crippen LogP contribution in [0.1, 0.15) is 16.8 Å². The Morgan fingerprint density at radius 3 is 2.17 bits per heavy atom. The summed E-state index contributed by atoms with van der Waals surface area (Å²) in [6.07, 6.45) is -0.814. The largest absolute Gasteiger partial charge is 0.481 e. The molecule has 0 aliphatic carbocycles. The number of halogens is 2. The van der Waals surface area contributed by atoms with Crippen LogP contribution in [0.4, 0.5) is 0 Å². The third kappa shape index (κ3) is 5.76. The fourth-order valence-corrected chi connectivity index (χ4v) is 2.06. The zero-order valence-corrected chi connectivity index (χ0v) is 12.9. The molecule has 0 aliphatic heterocycles. The lowest BCUT2D eigenvalue weighted by Gasteiger charge is -2.13. The topological polar surface area (TPSA) is 130 Å². The predicted octanol–water partition coefficient (Wildman–Crippen LogP) is 1.19. The monoisotopic (exact) mass is 363 g/mol. The Morgan fingerprint density at radius 2 is 1.70 bits per heavy atom. The van der Waals surface area contributed by atoms with Gasteiger partial charge in [0.15, 0.2) is 6.61 Å². The highest BCUT2D eigenvalue weighted by molar-refractivity contribution is 6.39. The number of carbonyl (C=O) groups excluding carboxylic acids is 2. The number of esters is 1. The molecule has 0 aliphatic rings. The maximum absolute atomic E-state index is 11.8. The van der Waals surface area contributed by atoms with Crippen molar-refractivity contribution in [2.45, 2.75) is 12.5 Å². The molecule has 0 saturated heterocycles. The van der Waals surface area contributed by atoms with Crippen LogP contribution in [0.2, 0.25) is 10.0 Å². The second-order valence-electron chi connectivity index (χ2n) is 4.23. The van der Waals surface area contributed by atoms with E-state index in [0.717, 1.165) is 0 Å². The van der Waals surface area contributed by atoms with Crippen LogP contribution in [0.3, 0.4) is 0 Å². The van der Waals surface area contributed by atoms with Gasteiger partial charge in [-0.2, -0.15) is 0 Å². The summed E-state index contributed by atoms with van der Waals surface area (Å²) in [5, 5.41) is 19.3. The second-order valence-corrected chi connectivity index (χ2v) is 5.04. The molecule has 124 valence electrons. The first-order valence-corrected chi connectivity index (χ1v) is 6.83. The maximum Gasteiger partial charge on any atom is 0.341 e. The van der Waals surface area contributed by atoms with Crippen molar-refractivity contribution in [3.05, 3.63) is 33.8 Å². The van der Waals surface area contributed by atoms with Crippen molar-refractivity contribution in [2.24, 2.45) is 0 Å². The van der Waals surface area contributed by atoms with Gasteiger partial charge in [-0.15, -0.1) is 0 Å². The van der Waals surface area contributed by atoms with Gasteiger partial charge in [-0.05, 0) is 12.1 Å². The van der Waals surface area contributed by atoms with Gasteiger partial charge >= 0.3 is 17.9 Å². The van der Waals surface area contributed by atoms with Crippen molar-refractivity contribution in [1.29, 1.82) is 0 Å². The van der Waals surface area contributed by atoms with E-state index in [-0.39, 0.29) is 15.6 Å². The van der Waals surface area contributed by atoms with Crippen LogP contribution < -0.4 is 5.32 Å². The van der Waals surface area contributed by atoms with E-state index in [4.69, 9.17) is 33.4 Å². The smallest absolute Gasteiger partial charge is 0.341 e. The Labute approximate surface area is 139 Å². The number of amides is 1. The molecule has 0 aromatic heterocycles. The first kappa shape index (κ1) is 18.7. The molecule has 23 heavy (non-hydrogen) atoms. The number of carboxylic acids is 2. The van der Waals surface area contributed by atoms with E-state index in [1.807, 2.05) is 5.32 Å². The maximum atomic E-state index is 11.8. The van der Waals surface area contributed by atoms with Gasteiger partial charge in [-0.1, -0.05) is 29.3 Å². The molecular weight excluding hydrogens is 353 g/mol. The van der Waals surface area contributed by atoms with Crippen molar-refractivity contribution in [3.8, 4) is 0 Å². The Morgan fingerprint density at radius 1 is 1.13 bits per heavy atom. The minimum atomic E-state index is -1.64. The first-order valence-electron chi connectivity index (χ1n) is 6.07. The van der Waals surface area contributed by atoms with Crippen molar-refractivity contribution in [1.82, 2.24) is 5.32 Å². The molecule has 0 fully saturated rings. The second kappa shape index (κ2) is 8.35. The van der Waals surface area contributed by atoms with Crippen LogP contribution in [-0.4, -0.2) is 46.7 Å². The Hall–Kier alpha value is -2.32. The average molecular weight is 364 g/mol. The highest BCUT2D eigenvalue weighted by Crippen LogP contribution is 2.24. The van der Waals surface area contributed by atoms with Crippen molar-refractivity contribution >= 4 is 47.0 Å². The summed E-state index contributed by atoms with van der Waals surface area (Å²) < 4.78 is 4.68. The number of nitrogens with one attached hydrogen (secondary N) is 1. The lowest BCUT2D eigenvalue weighted by molar-refractivity contribution is -0.147. The molecule has 0 bridgehead atoms. The molecule has 1 rings (SSSR count). The summed E-state index contributed by atoms with van der Waals surface area (Å²) >= 11 is 11.6. The number of carboxylic acid groups (broad SMARTS) is 2. The number of aliphatic carboxylic acids is 2. The van der Waals surface area contributed by atoms with E-state index in [1.165, 1.54) is 18.2 Å². The quantitative estimate of drug-likeness (QED) is 0.620. The molecule has 0 unspecified atom stereocenters. The third-order valence-corrected chi connectivity index (χ3v) is 3.14. The fraction of sp³-hybridized carbons (Fsp3) is 0.231. The number of ether oxygens (including phenoxy) is 1. The van der Waals surface area contributed by atoms with Gasteiger partial charge in [0.1, 0.15) is 6.04 Å². The Kier molecular flexibility index (Phi) is 6.80. The fourth-order valence-electron chi connectivity index (χ4n) is 1.51. The van der Waals surface area contributed by atoms with E-state index < -0.39 is 42.9 Å². The van der Waals surface area contributed by atoms with E-state index in [0.29, 0.717) is 0 Å². The molecule has 0 radical (unpaired) electrons. The van der Waals surface area contributed by atoms with Gasteiger partial charge in [0.05, 0.1) is 22.0 Å². The summed E-state index contributed by atoms with van der Waals surface area (Å²) in [7, 11) is 0. The lowest BCUT2D eigenvalue weighted by atomic mass is 10.2. The molecule has 1 aromatic carbocycles. The van der Waals surface area contributed by atoms with Crippen LogP contribution >= 0.6 is 23.2 Å². The number of rotatable bonds is 7. The van der Waals surface area contributed by atoms with Gasteiger partial charge < -0.3 is 20.3 Å². The van der Waals surface area contributed by atoms with Crippen molar-refractivity contribution in [3.63, 3.8) is 0 Å². The zero-order chi connectivity index (χ0) is 17.6. The van der Waals surface area contributed by atoms with Crippen molar-refractivity contribution < 1.29 is 34.1 Å². The van der Waals surface area contributed by atoms with Crippen LogP contribution in [0.25, 0.3) is 0 Å². The van der Waals surface area contributed by atoms with Gasteiger partial charge in [0.2, 0.25) is 0 Å². The molecule has 0 spiro atoms. The molecule has 8 nitrogen and oxygen atoms in total. The molecule has 1 atom stereocenters. The molecule has 1 aromatic rings. The Balaban J connectivity index is 2.63. The standard InChI is InChI=1S/C13H11Cl2NO7/c14-6-2-1-3-7(15)11(6)13(22)23-5-9(17)16-8(12(20)21)4-10(18)19/h1-3,8H,4-5H2,(H,16,17)(H,18,19)(H,20,21)/t8-/m0/s1. The molecular formula is C13H11Cl2NO7. The number of benzene rings is 1. The van der Waals surface area contributed by atoms with E-state index in [9.17, 15) is 19.2 Å². The normalized spacial score (nSPS) is 11.4. The van der Waals surface area contributed by atoms with Crippen LogP contribution in [0.15, 0.2) is 18.2 Å². The average Bonchev–Trinajstić information content (AvgIpc) is 2.43. The number of hydrogen-bond donors (Lipinski definition) is 3. The van der Waals surface area contributed by atoms with E-state index >= 15 is 0 Å². The van der Waals surface area contributed by atoms with E-state index in [2.05, 4.69) is 4.74 Å². The predicted molar refractivity (Wildman–Crippen MR) is 78.6 cm³/mol. The summed E-state index contributed by atoms with van der Waals surface area (Å²) in [6, 6.07) is 2.68. The molecule has 0 heterocycles. The summed E-state index contributed by atoms with van der Waals surface area (Å²) in [4.78, 5) is 44.6. The molecule has 3 N–H and O–H groups in total. The summed E-state index contributed by atoms with van der Waals surface area (Å²) in [6.45, 7) is -0.816. The van der Waals surface area contributed by atoms with Crippen LogP contribution in [0.5, 0.6) is 0 Å². The van der Waals surface area contributed by atoms with Crippen LogP contribution in [-0.2, 0) is 19.1 Å². The third-order valence-electron chi connectivity index (χ3n) is 2.51. The highest BCUT2D eigenvalue weighted by Gasteiger charge is 2.24.